The van der Waals surface area contributed by atoms with E-state index in [-0.39, 0.29) is 88.7 Å². The second-order valence-corrected chi connectivity index (χ2v) is 2.17. The van der Waals surface area contributed by atoms with Crippen LogP contribution in [-0.2, 0) is 26.0 Å². The summed E-state index contributed by atoms with van der Waals surface area (Å²) in [6.45, 7) is 0.972. The molecule has 0 N–H and O–H groups in total. The van der Waals surface area contributed by atoms with Gasteiger partial charge in [-0.3, -0.25) is 0 Å². The molecule has 56 valence electrons. The molecular formula is C2H3CrNa3O6. The molecule has 0 bridgehead atoms. The summed E-state index contributed by atoms with van der Waals surface area (Å²) in [6.07, 6.45) is 0. The second-order valence-electron chi connectivity index (χ2n) is 0.900. The fourth-order valence-corrected chi connectivity index (χ4v) is 0. The Hall–Kier alpha value is 2.52. The van der Waals surface area contributed by atoms with Crippen LogP contribution >= 0.6 is 0 Å². The fraction of sp³-hybridized carbons (Fsp3) is 0.500. The molecule has 0 saturated carbocycles. The Morgan fingerprint density at radius 3 is 1.08 bits per heavy atom. The van der Waals surface area contributed by atoms with Gasteiger partial charge < -0.3 is 9.90 Å². The number of aliphatic carboxylic acids is 1. The zero-order valence-electron chi connectivity index (χ0n) is 7.36. The molecule has 0 aliphatic carbocycles. The zero-order chi connectivity index (χ0) is 8.08. The first kappa shape index (κ1) is 29.3. The number of hydrogen-bond acceptors (Lipinski definition) is 6. The number of carboxylic acid groups (broad SMARTS) is 1. The molecule has 0 heterocycles. The van der Waals surface area contributed by atoms with Crippen LogP contribution in [0.1, 0.15) is 6.92 Å². The van der Waals surface area contributed by atoms with E-state index in [2.05, 4.69) is 0 Å². The van der Waals surface area contributed by atoms with E-state index in [1.165, 1.54) is 0 Å². The van der Waals surface area contributed by atoms with Crippen LogP contribution in [0.25, 0.3) is 0 Å². The molecule has 0 aromatic carbocycles. The molecule has 12 heavy (non-hydrogen) atoms. The van der Waals surface area contributed by atoms with Crippen molar-refractivity contribution in [2.75, 3.05) is 0 Å². The number of carboxylic acids is 1. The molecule has 0 saturated heterocycles. The van der Waals surface area contributed by atoms with Gasteiger partial charge in [0.25, 0.3) is 0 Å². The van der Waals surface area contributed by atoms with E-state index in [0.717, 1.165) is 6.92 Å². The van der Waals surface area contributed by atoms with E-state index >= 15 is 0 Å². The number of rotatable bonds is 0. The van der Waals surface area contributed by atoms with Gasteiger partial charge in [0.1, 0.15) is 0 Å². The first-order chi connectivity index (χ1) is 3.73. The van der Waals surface area contributed by atoms with E-state index in [4.69, 9.17) is 25.8 Å². The Morgan fingerprint density at radius 1 is 1.08 bits per heavy atom. The predicted octanol–water partition coefficient (Wildman–Crippen LogP) is -12.8. The van der Waals surface area contributed by atoms with Gasteiger partial charge in [-0.2, -0.15) is 0 Å². The molecule has 0 unspecified atom stereocenters. The average molecular weight is 244 g/mol. The number of carbonyl (C=O) groups is 1. The van der Waals surface area contributed by atoms with Crippen LogP contribution < -0.4 is 102 Å². The molecule has 0 rings (SSSR count). The molecular weight excluding hydrogens is 241 g/mol. The van der Waals surface area contributed by atoms with Crippen molar-refractivity contribution in [2.45, 2.75) is 6.92 Å². The van der Waals surface area contributed by atoms with E-state index in [1.54, 1.807) is 0 Å². The Morgan fingerprint density at radius 2 is 1.08 bits per heavy atom. The molecule has 0 amide bonds. The van der Waals surface area contributed by atoms with Crippen molar-refractivity contribution < 1.29 is 128 Å². The minimum atomic E-state index is -5.75. The number of carbonyl (C=O) groups excluding carboxylic acids is 1. The summed E-state index contributed by atoms with van der Waals surface area (Å²) >= 11 is -5.75. The quantitative estimate of drug-likeness (QED) is 0.390. The van der Waals surface area contributed by atoms with Crippen LogP contribution in [0, 0.1) is 0 Å². The van der Waals surface area contributed by atoms with E-state index in [9.17, 15) is 0 Å². The van der Waals surface area contributed by atoms with Crippen LogP contribution in [0.3, 0.4) is 0 Å². The van der Waals surface area contributed by atoms with Crippen LogP contribution in [0.2, 0.25) is 0 Å². The van der Waals surface area contributed by atoms with E-state index in [1.807, 2.05) is 0 Å². The average Bonchev–Trinajstić information content (AvgIpc) is 1.19. The molecule has 0 aliphatic heterocycles. The molecule has 0 aliphatic rings. The maximum atomic E-state index is 8.89. The van der Waals surface area contributed by atoms with E-state index < -0.39 is 19.6 Å². The van der Waals surface area contributed by atoms with Gasteiger partial charge in [0.2, 0.25) is 0 Å². The van der Waals surface area contributed by atoms with Gasteiger partial charge in [-0.05, 0) is 6.92 Å². The third-order valence-corrected chi connectivity index (χ3v) is 0. The summed E-state index contributed by atoms with van der Waals surface area (Å²) < 4.78 is 34.4. The Labute approximate surface area is 138 Å². The molecule has 0 radical (unpaired) electrons. The summed E-state index contributed by atoms with van der Waals surface area (Å²) in [5.74, 6) is -1.08. The van der Waals surface area contributed by atoms with Crippen molar-refractivity contribution in [1.82, 2.24) is 0 Å². The van der Waals surface area contributed by atoms with Crippen molar-refractivity contribution in [1.29, 1.82) is 0 Å². The second kappa shape index (κ2) is 16.0. The third kappa shape index (κ3) is 261. The van der Waals surface area contributed by atoms with Gasteiger partial charge in [-0.25, -0.2) is 0 Å². The summed E-state index contributed by atoms with van der Waals surface area (Å²) in [6, 6.07) is 0. The summed E-state index contributed by atoms with van der Waals surface area (Å²) in [4.78, 5) is 8.89. The van der Waals surface area contributed by atoms with E-state index in [0.29, 0.717) is 0 Å². The van der Waals surface area contributed by atoms with Crippen LogP contribution in [0.15, 0.2) is 0 Å². The summed E-state index contributed by atoms with van der Waals surface area (Å²) in [5, 5.41) is 8.89. The SMILES string of the molecule is CC(=O)[O-].[Na+].[Na+].[Na+].[O]=[Cr](=[O])([O-])[O-]. The molecule has 0 spiro atoms. The first-order valence-electron chi connectivity index (χ1n) is 1.57. The third-order valence-electron chi connectivity index (χ3n) is 0. The molecule has 10 heteroatoms. The predicted molar refractivity (Wildman–Crippen MR) is 12.1 cm³/mol. The van der Waals surface area contributed by atoms with Crippen LogP contribution in [-0.4, -0.2) is 5.97 Å². The van der Waals surface area contributed by atoms with Gasteiger partial charge in [-0.1, -0.05) is 0 Å². The normalized spacial score (nSPS) is 6.92. The Balaban J connectivity index is -0.0000000221. The summed E-state index contributed by atoms with van der Waals surface area (Å²) in [7, 11) is 0. The maximum absolute atomic E-state index is 8.89. The van der Waals surface area contributed by atoms with Gasteiger partial charge in [0.15, 0.2) is 0 Å². The Kier molecular flexibility index (Phi) is 39.0. The van der Waals surface area contributed by atoms with Crippen molar-refractivity contribution in [3.05, 3.63) is 0 Å². The number of hydrogen-bond donors (Lipinski definition) is 0. The zero-order valence-corrected chi connectivity index (χ0v) is 14.6. The molecule has 0 aromatic rings. The first-order valence-corrected chi connectivity index (χ1v) is 3.66. The van der Waals surface area contributed by atoms with Crippen LogP contribution in [0.4, 0.5) is 0 Å². The molecule has 6 nitrogen and oxygen atoms in total. The van der Waals surface area contributed by atoms with Crippen molar-refractivity contribution in [3.63, 3.8) is 0 Å². The fourth-order valence-electron chi connectivity index (χ4n) is 0. The van der Waals surface area contributed by atoms with Crippen molar-refractivity contribution in [2.24, 2.45) is 0 Å². The summed E-state index contributed by atoms with van der Waals surface area (Å²) in [5.41, 5.74) is 0. The standard InChI is InChI=1S/C2H4O2.Cr.3Na.4O/c1-2(3)4;;;;;;;;/h1H3,(H,3,4);;;;;;;;/q;;3*+1;;;2*-1/p-1. The van der Waals surface area contributed by atoms with Gasteiger partial charge in [0, 0.05) is 5.97 Å². The monoisotopic (exact) mass is 244 g/mol. The topological polar surface area (TPSA) is 120 Å². The van der Waals surface area contributed by atoms with Gasteiger partial charge in [0.05, 0.1) is 0 Å². The van der Waals surface area contributed by atoms with Gasteiger partial charge >= 0.3 is 118 Å². The van der Waals surface area contributed by atoms with Gasteiger partial charge in [-0.15, -0.1) is 0 Å². The molecule has 0 atom stereocenters. The van der Waals surface area contributed by atoms with Crippen molar-refractivity contribution >= 4 is 5.97 Å². The minimum absolute atomic E-state index is 0. The van der Waals surface area contributed by atoms with Crippen LogP contribution in [0.5, 0.6) is 0 Å². The Bertz CT molecular complexity index is 163. The van der Waals surface area contributed by atoms with Crippen molar-refractivity contribution in [3.8, 4) is 0 Å². The molecule has 0 fully saturated rings. The molecule has 0 aromatic heterocycles.